The van der Waals surface area contributed by atoms with E-state index in [-0.39, 0.29) is 5.92 Å². The van der Waals surface area contributed by atoms with Crippen molar-refractivity contribution in [2.45, 2.75) is 70.8 Å². The Kier molecular flexibility index (Phi) is 6.72. The van der Waals surface area contributed by atoms with Gasteiger partial charge in [0.05, 0.1) is 5.92 Å². The third-order valence-electron chi connectivity index (χ3n) is 7.52. The molecule has 3 nitrogen and oxygen atoms in total. The van der Waals surface area contributed by atoms with Crippen LogP contribution in [0.25, 0.3) is 0 Å². The van der Waals surface area contributed by atoms with E-state index in [2.05, 4.69) is 47.1 Å². The molecule has 3 atom stereocenters. The second kappa shape index (κ2) is 9.43. The lowest BCUT2D eigenvalue weighted by Crippen LogP contribution is -2.50. The molecule has 0 radical (unpaired) electrons. The minimum absolute atomic E-state index is 0.247. The highest BCUT2D eigenvalue weighted by molar-refractivity contribution is 5.79. The van der Waals surface area contributed by atoms with Crippen molar-refractivity contribution in [3.8, 4) is 0 Å². The molecule has 1 aliphatic carbocycles. The first kappa shape index (κ1) is 19.9. The molecule has 0 bridgehead atoms. The monoisotopic (exact) mass is 382 g/mol. The molecular weight excluding hydrogens is 344 g/mol. The van der Waals surface area contributed by atoms with Crippen molar-refractivity contribution < 1.29 is 4.79 Å². The molecule has 4 rings (SSSR count). The molecule has 3 fully saturated rings. The van der Waals surface area contributed by atoms with E-state index in [1.54, 1.807) is 0 Å². The maximum absolute atomic E-state index is 13.2. The standard InChI is InChI=1S/C25H38N2O/c1-20-7-5-11-24(17-20)27-14-6-10-23(19-27)25(28)26-15-12-22(13-16-26)18-21-8-3-2-4-9-21/h2-4,8-9,20,22-24H,5-7,10-19H2,1H3/t20-,23-,24-/m0/s1. The fourth-order valence-electron chi connectivity index (χ4n) is 5.84. The molecule has 2 aliphatic heterocycles. The molecule has 3 aliphatic rings. The highest BCUT2D eigenvalue weighted by atomic mass is 16.2. The van der Waals surface area contributed by atoms with Crippen LogP contribution < -0.4 is 0 Å². The molecule has 28 heavy (non-hydrogen) atoms. The topological polar surface area (TPSA) is 23.6 Å². The Morgan fingerprint density at radius 2 is 1.75 bits per heavy atom. The van der Waals surface area contributed by atoms with Gasteiger partial charge in [-0.25, -0.2) is 0 Å². The molecule has 1 amide bonds. The number of piperidine rings is 2. The summed E-state index contributed by atoms with van der Waals surface area (Å²) in [6.45, 7) is 6.55. The predicted octanol–water partition coefficient (Wildman–Crippen LogP) is 4.76. The van der Waals surface area contributed by atoms with Crippen LogP contribution >= 0.6 is 0 Å². The molecule has 2 heterocycles. The number of carbonyl (C=O) groups is 1. The molecule has 154 valence electrons. The van der Waals surface area contributed by atoms with Gasteiger partial charge in [0.15, 0.2) is 0 Å². The van der Waals surface area contributed by atoms with Crippen LogP contribution in [0.5, 0.6) is 0 Å². The van der Waals surface area contributed by atoms with Crippen LogP contribution in [0.15, 0.2) is 30.3 Å². The number of nitrogens with zero attached hydrogens (tertiary/aromatic N) is 2. The zero-order chi connectivity index (χ0) is 19.3. The largest absolute Gasteiger partial charge is 0.342 e. The predicted molar refractivity (Wildman–Crippen MR) is 115 cm³/mol. The van der Waals surface area contributed by atoms with Crippen LogP contribution in [0.4, 0.5) is 0 Å². The number of amides is 1. The van der Waals surface area contributed by atoms with E-state index in [9.17, 15) is 4.79 Å². The number of hydrogen-bond acceptors (Lipinski definition) is 2. The SMILES string of the molecule is C[C@H]1CCC[C@H](N2CCC[C@H](C(=O)N3CCC(Cc4ccccc4)CC3)C2)C1. The molecule has 0 spiro atoms. The van der Waals surface area contributed by atoms with Gasteiger partial charge >= 0.3 is 0 Å². The van der Waals surface area contributed by atoms with Crippen molar-refractivity contribution in [3.05, 3.63) is 35.9 Å². The van der Waals surface area contributed by atoms with Gasteiger partial charge in [0.25, 0.3) is 0 Å². The van der Waals surface area contributed by atoms with Crippen molar-refractivity contribution in [2.24, 2.45) is 17.8 Å². The minimum atomic E-state index is 0.247. The fourth-order valence-corrected chi connectivity index (χ4v) is 5.84. The van der Waals surface area contributed by atoms with Gasteiger partial charge in [0.2, 0.25) is 5.91 Å². The summed E-state index contributed by atoms with van der Waals surface area (Å²) in [5.41, 5.74) is 1.44. The second-order valence-electron chi connectivity index (χ2n) is 9.72. The fraction of sp³-hybridized carbons (Fsp3) is 0.720. The average molecular weight is 383 g/mol. The van der Waals surface area contributed by atoms with Crippen molar-refractivity contribution in [3.63, 3.8) is 0 Å². The Bertz CT molecular complexity index is 623. The molecule has 2 saturated heterocycles. The number of rotatable bonds is 4. The van der Waals surface area contributed by atoms with E-state index < -0.39 is 0 Å². The van der Waals surface area contributed by atoms with Crippen LogP contribution in [0, 0.1) is 17.8 Å². The Hall–Kier alpha value is -1.35. The zero-order valence-corrected chi connectivity index (χ0v) is 17.7. The van der Waals surface area contributed by atoms with Gasteiger partial charge in [0.1, 0.15) is 0 Å². The minimum Gasteiger partial charge on any atom is -0.342 e. The summed E-state index contributed by atoms with van der Waals surface area (Å²) in [5.74, 6) is 2.29. The van der Waals surface area contributed by atoms with Crippen LogP contribution in [0.3, 0.4) is 0 Å². The van der Waals surface area contributed by atoms with E-state index in [0.29, 0.717) is 5.91 Å². The van der Waals surface area contributed by atoms with Gasteiger partial charge in [-0.1, -0.05) is 50.1 Å². The van der Waals surface area contributed by atoms with Gasteiger partial charge in [0, 0.05) is 25.7 Å². The number of likely N-dealkylation sites (tertiary alicyclic amines) is 2. The average Bonchev–Trinajstić information content (AvgIpc) is 2.75. The van der Waals surface area contributed by atoms with Gasteiger partial charge < -0.3 is 4.90 Å². The number of benzene rings is 1. The smallest absolute Gasteiger partial charge is 0.226 e. The van der Waals surface area contributed by atoms with E-state index in [1.165, 1.54) is 50.6 Å². The van der Waals surface area contributed by atoms with E-state index >= 15 is 0 Å². The summed E-state index contributed by atoms with van der Waals surface area (Å²) in [7, 11) is 0. The van der Waals surface area contributed by atoms with Crippen molar-refractivity contribution in [2.75, 3.05) is 26.2 Å². The number of hydrogen-bond donors (Lipinski definition) is 0. The summed E-state index contributed by atoms with van der Waals surface area (Å²) in [6.07, 6.45) is 11.2. The normalized spacial score (nSPS) is 30.3. The lowest BCUT2D eigenvalue weighted by molar-refractivity contribution is -0.139. The quantitative estimate of drug-likeness (QED) is 0.750. The first-order valence-corrected chi connectivity index (χ1v) is 11.8. The van der Waals surface area contributed by atoms with Crippen molar-refractivity contribution >= 4 is 5.91 Å². The molecule has 1 saturated carbocycles. The summed E-state index contributed by atoms with van der Waals surface area (Å²) < 4.78 is 0. The summed E-state index contributed by atoms with van der Waals surface area (Å²) in [6, 6.07) is 11.6. The molecule has 1 aromatic carbocycles. The van der Waals surface area contributed by atoms with Crippen LogP contribution in [0.1, 0.15) is 63.9 Å². The molecule has 0 N–H and O–H groups in total. The van der Waals surface area contributed by atoms with Crippen molar-refractivity contribution in [1.29, 1.82) is 0 Å². The van der Waals surface area contributed by atoms with E-state index in [0.717, 1.165) is 56.8 Å². The van der Waals surface area contributed by atoms with Gasteiger partial charge in [-0.3, -0.25) is 9.69 Å². The molecule has 3 heteroatoms. The Balaban J connectivity index is 1.26. The molecule has 0 aromatic heterocycles. The van der Waals surface area contributed by atoms with Crippen LogP contribution in [-0.4, -0.2) is 47.9 Å². The van der Waals surface area contributed by atoms with Crippen LogP contribution in [-0.2, 0) is 11.2 Å². The number of carbonyl (C=O) groups excluding carboxylic acids is 1. The first-order chi connectivity index (χ1) is 13.7. The summed E-state index contributed by atoms with van der Waals surface area (Å²) in [4.78, 5) is 18.1. The third-order valence-corrected chi connectivity index (χ3v) is 7.52. The summed E-state index contributed by atoms with van der Waals surface area (Å²) in [5, 5.41) is 0. The maximum Gasteiger partial charge on any atom is 0.226 e. The highest BCUT2D eigenvalue weighted by Gasteiger charge is 2.34. The lowest BCUT2D eigenvalue weighted by atomic mass is 9.84. The van der Waals surface area contributed by atoms with Crippen molar-refractivity contribution in [1.82, 2.24) is 9.80 Å². The maximum atomic E-state index is 13.2. The first-order valence-electron chi connectivity index (χ1n) is 11.8. The van der Waals surface area contributed by atoms with Gasteiger partial charge in [-0.05, 0) is 68.9 Å². The van der Waals surface area contributed by atoms with Gasteiger partial charge in [-0.15, -0.1) is 0 Å². The van der Waals surface area contributed by atoms with Gasteiger partial charge in [-0.2, -0.15) is 0 Å². The summed E-state index contributed by atoms with van der Waals surface area (Å²) >= 11 is 0. The second-order valence-corrected chi connectivity index (χ2v) is 9.72. The Labute approximate surface area is 171 Å². The molecule has 1 aromatic rings. The van der Waals surface area contributed by atoms with E-state index in [1.807, 2.05) is 0 Å². The third kappa shape index (κ3) is 4.97. The highest BCUT2D eigenvalue weighted by Crippen LogP contribution is 2.31. The Morgan fingerprint density at radius 1 is 0.964 bits per heavy atom. The lowest BCUT2D eigenvalue weighted by Gasteiger charge is -2.42. The van der Waals surface area contributed by atoms with E-state index in [4.69, 9.17) is 0 Å². The van der Waals surface area contributed by atoms with Crippen LogP contribution in [0.2, 0.25) is 0 Å². The molecular formula is C25H38N2O. The Morgan fingerprint density at radius 3 is 2.50 bits per heavy atom. The zero-order valence-electron chi connectivity index (χ0n) is 17.7. The molecule has 0 unspecified atom stereocenters.